The molecule has 0 bridgehead atoms. The summed E-state index contributed by atoms with van der Waals surface area (Å²) in [5, 5.41) is 15.2. The number of carbonyl (C=O) groups excluding carboxylic acids is 5. The Kier molecular flexibility index (Phi) is 19.7. The Balaban J connectivity index is 1.79. The van der Waals surface area contributed by atoms with E-state index < -0.39 is 59.8 Å². The lowest BCUT2D eigenvalue weighted by Gasteiger charge is -2.41. The van der Waals surface area contributed by atoms with E-state index in [1.807, 2.05) is 76.8 Å². The van der Waals surface area contributed by atoms with Crippen LogP contribution in [0.5, 0.6) is 0 Å². The number of likely N-dealkylation sites (tertiary alicyclic amines) is 1. The van der Waals surface area contributed by atoms with E-state index in [1.54, 1.807) is 37.7 Å². The number of likely N-dealkylation sites (N-methyl/N-ethyl adjacent to an activating group) is 2. The van der Waals surface area contributed by atoms with Crippen LogP contribution in [0.4, 0.5) is 0 Å². The molecule has 3 N–H and O–H groups in total. The van der Waals surface area contributed by atoms with Crippen LogP contribution in [0.2, 0.25) is 0 Å². The summed E-state index contributed by atoms with van der Waals surface area (Å²) in [6.45, 7) is 16.1. The molecule has 1 heterocycles. The van der Waals surface area contributed by atoms with E-state index in [2.05, 4.69) is 10.6 Å². The van der Waals surface area contributed by atoms with Crippen LogP contribution < -0.4 is 10.6 Å². The molecule has 0 aromatic heterocycles. The van der Waals surface area contributed by atoms with E-state index in [4.69, 9.17) is 19.3 Å². The van der Waals surface area contributed by atoms with Crippen LogP contribution in [-0.2, 0) is 43.0 Å². The smallest absolute Gasteiger partial charge is 0.332 e. The van der Waals surface area contributed by atoms with Crippen LogP contribution >= 0.6 is 0 Å². The zero-order valence-corrected chi connectivity index (χ0v) is 38.8. The molecule has 1 aliphatic heterocycles. The molecule has 15 heteroatoms. The molecule has 61 heavy (non-hydrogen) atoms. The van der Waals surface area contributed by atoms with Gasteiger partial charge in [0.1, 0.15) is 11.6 Å². The number of hydrogen-bond acceptors (Lipinski definition) is 10. The number of benzene rings is 1. The number of aliphatic carboxylic acids is 1. The van der Waals surface area contributed by atoms with Gasteiger partial charge >= 0.3 is 11.9 Å². The maximum atomic E-state index is 14.5. The summed E-state index contributed by atoms with van der Waals surface area (Å²) in [6, 6.07) is 7.18. The number of carboxylic acid groups (broad SMARTS) is 1. The van der Waals surface area contributed by atoms with Crippen molar-refractivity contribution in [3.8, 4) is 0 Å². The van der Waals surface area contributed by atoms with Crippen LogP contribution in [0.15, 0.2) is 30.3 Å². The summed E-state index contributed by atoms with van der Waals surface area (Å²) in [5.41, 5.74) is -0.242. The Morgan fingerprint density at radius 2 is 1.59 bits per heavy atom. The highest BCUT2D eigenvalue weighted by atomic mass is 16.5. The minimum Gasteiger partial charge on any atom is -0.481 e. The third-order valence-electron chi connectivity index (χ3n) is 12.9. The number of rotatable bonds is 25. The van der Waals surface area contributed by atoms with E-state index in [9.17, 15) is 28.8 Å². The van der Waals surface area contributed by atoms with Gasteiger partial charge in [0.25, 0.3) is 0 Å². The molecule has 0 radical (unpaired) electrons. The highest BCUT2D eigenvalue weighted by Gasteiger charge is 2.63. The second kappa shape index (κ2) is 23.4. The molecular weight excluding hydrogens is 783 g/mol. The Morgan fingerprint density at radius 1 is 0.934 bits per heavy atom. The van der Waals surface area contributed by atoms with Crippen molar-refractivity contribution < 1.29 is 48.1 Å². The van der Waals surface area contributed by atoms with Crippen molar-refractivity contribution in [2.75, 3.05) is 48.0 Å². The molecule has 1 saturated carbocycles. The summed E-state index contributed by atoms with van der Waals surface area (Å²) in [7, 11) is 6.55. The molecule has 1 aromatic carbocycles. The van der Waals surface area contributed by atoms with Crippen LogP contribution in [0.3, 0.4) is 0 Å². The maximum Gasteiger partial charge on any atom is 0.332 e. The van der Waals surface area contributed by atoms with Crippen LogP contribution in [0.1, 0.15) is 112 Å². The molecule has 1 aromatic rings. The number of carboxylic acids is 1. The van der Waals surface area contributed by atoms with Gasteiger partial charge in [0.05, 0.1) is 49.3 Å². The first-order chi connectivity index (χ1) is 28.8. The van der Waals surface area contributed by atoms with Gasteiger partial charge in [-0.05, 0) is 69.5 Å². The quantitative estimate of drug-likeness (QED) is 0.118. The van der Waals surface area contributed by atoms with Crippen molar-refractivity contribution in [1.29, 1.82) is 0 Å². The van der Waals surface area contributed by atoms with Crippen molar-refractivity contribution in [3.63, 3.8) is 0 Å². The van der Waals surface area contributed by atoms with Gasteiger partial charge in [0.15, 0.2) is 0 Å². The lowest BCUT2D eigenvalue weighted by atomic mass is 9.89. The minimum absolute atomic E-state index is 0.00838. The van der Waals surface area contributed by atoms with Gasteiger partial charge in [-0.1, -0.05) is 85.2 Å². The summed E-state index contributed by atoms with van der Waals surface area (Å²) in [6.07, 6.45) is 1.42. The number of methoxy groups -OCH3 is 2. The van der Waals surface area contributed by atoms with Crippen molar-refractivity contribution >= 4 is 35.6 Å². The molecular formula is C46H75N5O10. The van der Waals surface area contributed by atoms with E-state index in [0.29, 0.717) is 45.2 Å². The van der Waals surface area contributed by atoms with Crippen LogP contribution in [0, 0.1) is 23.7 Å². The molecule has 10 atom stereocenters. The van der Waals surface area contributed by atoms with E-state index in [0.717, 1.165) is 5.56 Å². The topological polar surface area (TPSA) is 184 Å². The molecule has 4 amide bonds. The number of nitrogens with one attached hydrogen (secondary N) is 2. The molecule has 0 unspecified atom stereocenters. The van der Waals surface area contributed by atoms with Crippen LogP contribution in [0.25, 0.3) is 0 Å². The van der Waals surface area contributed by atoms with Gasteiger partial charge in [-0.2, -0.15) is 0 Å². The van der Waals surface area contributed by atoms with Gasteiger partial charge in [-0.25, -0.2) is 4.79 Å². The monoisotopic (exact) mass is 858 g/mol. The zero-order chi connectivity index (χ0) is 45.8. The van der Waals surface area contributed by atoms with E-state index >= 15 is 0 Å². The Morgan fingerprint density at radius 3 is 2.13 bits per heavy atom. The SMILES string of the molecule is CCOC(=O)[C@]1(NC(=O)[C@H](C)[C@@H](OC)[C@@H]2CCCN2C(=O)C[C@@H](OC)[C@H]([C@@H](C)CC)N(C)C(=O)[C@@H](NC(=O)[C@H](C(C)C)N(C)CCCC(=O)O)C(C)C)C[C@@H]1c1ccccc1. The van der Waals surface area contributed by atoms with Crippen LogP contribution in [-0.4, -0.2) is 145 Å². The number of nitrogens with zero attached hydrogens (tertiary/aromatic N) is 3. The zero-order valence-electron chi connectivity index (χ0n) is 38.8. The van der Waals surface area contributed by atoms with Gasteiger partial charge in [-0.3, -0.25) is 28.9 Å². The first-order valence-corrected chi connectivity index (χ1v) is 22.2. The average molecular weight is 858 g/mol. The number of amides is 4. The summed E-state index contributed by atoms with van der Waals surface area (Å²) in [5.74, 6) is -3.94. The fraction of sp³-hybridized carbons (Fsp3) is 0.739. The fourth-order valence-electron chi connectivity index (χ4n) is 9.27. The van der Waals surface area contributed by atoms with Crippen molar-refractivity contribution in [1.82, 2.24) is 25.3 Å². The highest BCUT2D eigenvalue weighted by molar-refractivity contribution is 5.94. The van der Waals surface area contributed by atoms with Gasteiger partial charge in [0, 0.05) is 40.2 Å². The first kappa shape index (κ1) is 51.3. The molecule has 1 saturated heterocycles. The normalized spacial score (nSPS) is 22.2. The summed E-state index contributed by atoms with van der Waals surface area (Å²) >= 11 is 0. The largest absolute Gasteiger partial charge is 0.481 e. The lowest BCUT2D eigenvalue weighted by molar-refractivity contribution is -0.151. The summed E-state index contributed by atoms with van der Waals surface area (Å²) < 4.78 is 17.5. The molecule has 344 valence electrons. The Hall–Kier alpha value is -4.08. The van der Waals surface area contributed by atoms with E-state index in [1.165, 1.54) is 14.2 Å². The fourth-order valence-corrected chi connectivity index (χ4v) is 9.27. The molecule has 2 aliphatic rings. The predicted octanol–water partition coefficient (Wildman–Crippen LogP) is 4.47. The highest BCUT2D eigenvalue weighted by Crippen LogP contribution is 2.52. The van der Waals surface area contributed by atoms with Crippen molar-refractivity contribution in [2.24, 2.45) is 23.7 Å². The van der Waals surface area contributed by atoms with Gasteiger partial charge < -0.3 is 39.8 Å². The second-order valence-corrected chi connectivity index (χ2v) is 17.8. The number of hydrogen-bond donors (Lipinski definition) is 3. The van der Waals surface area contributed by atoms with Gasteiger partial charge in [0.2, 0.25) is 23.6 Å². The molecule has 0 spiro atoms. The Bertz CT molecular complexity index is 1630. The first-order valence-electron chi connectivity index (χ1n) is 22.2. The summed E-state index contributed by atoms with van der Waals surface area (Å²) in [4.78, 5) is 86.3. The predicted molar refractivity (Wildman–Crippen MR) is 232 cm³/mol. The third-order valence-corrected chi connectivity index (χ3v) is 12.9. The molecule has 1 aliphatic carbocycles. The van der Waals surface area contributed by atoms with Gasteiger partial charge in [-0.15, -0.1) is 0 Å². The average Bonchev–Trinajstić information content (AvgIpc) is 3.74. The minimum atomic E-state index is -1.18. The maximum absolute atomic E-state index is 14.5. The van der Waals surface area contributed by atoms with Crippen molar-refractivity contribution in [2.45, 2.75) is 148 Å². The third kappa shape index (κ3) is 12.8. The number of ether oxygens (including phenoxy) is 3. The number of carbonyl (C=O) groups is 6. The molecule has 3 rings (SSSR count). The standard InChI is InChI=1S/C46H75N5O10/c1-13-30(7)40(50(10)44(57)38(28(3)4)47-43(56)39(29(5)6)49(9)24-19-23-37(53)54)35(59-11)26-36(52)51-25-18-22-34(51)41(60-12)31(8)42(55)48-46(45(58)61-14-2)27-33(46)32-20-16-15-17-21-32/h15-17,20-21,28-31,33-35,38-41H,13-14,18-19,22-27H2,1-12H3,(H,47,56)(H,48,55)(H,53,54)/t30-,31+,33+,34-,35+,38-,39-,40-,41+,46-/m0/s1. The van der Waals surface area contributed by atoms with E-state index in [-0.39, 0.29) is 66.7 Å². The lowest BCUT2D eigenvalue weighted by Crippen LogP contribution is -2.60. The second-order valence-electron chi connectivity index (χ2n) is 17.8. The Labute approximate surface area is 364 Å². The number of esters is 1. The molecule has 2 fully saturated rings. The molecule has 15 nitrogen and oxygen atoms in total. The van der Waals surface area contributed by atoms with Crippen molar-refractivity contribution in [3.05, 3.63) is 35.9 Å².